The minimum atomic E-state index is -0.170. The fourth-order valence-corrected chi connectivity index (χ4v) is 1.11. The van der Waals surface area contributed by atoms with E-state index in [1.807, 2.05) is 6.92 Å². The Morgan fingerprint density at radius 1 is 1.33 bits per heavy atom. The second-order valence-electron chi connectivity index (χ2n) is 3.16. The Balaban J connectivity index is 2.39. The van der Waals surface area contributed by atoms with E-state index in [9.17, 15) is 4.79 Å². The average Bonchev–Trinajstić information content (AvgIpc) is 2.04. The lowest BCUT2D eigenvalue weighted by molar-refractivity contribution is -0.195. The van der Waals surface area contributed by atoms with Gasteiger partial charge in [0, 0.05) is 14.1 Å². The third-order valence-electron chi connectivity index (χ3n) is 1.85. The van der Waals surface area contributed by atoms with Gasteiger partial charge in [0.15, 0.2) is 6.29 Å². The zero-order valence-corrected chi connectivity index (χ0v) is 7.74. The van der Waals surface area contributed by atoms with Gasteiger partial charge in [-0.25, -0.2) is 0 Å². The van der Waals surface area contributed by atoms with Gasteiger partial charge in [-0.15, -0.1) is 0 Å². The fourth-order valence-electron chi connectivity index (χ4n) is 1.11. The molecular formula is C8H15NO3. The monoisotopic (exact) mass is 173 g/mol. The summed E-state index contributed by atoms with van der Waals surface area (Å²) in [6.07, 6.45) is -0.170. The zero-order valence-electron chi connectivity index (χ0n) is 7.74. The van der Waals surface area contributed by atoms with E-state index >= 15 is 0 Å². The smallest absolute Gasteiger partial charge is 0.229 e. The number of carbonyl (C=O) groups excluding carboxylic acids is 1. The molecule has 0 radical (unpaired) electrons. The van der Waals surface area contributed by atoms with Crippen LogP contribution in [0.5, 0.6) is 0 Å². The Morgan fingerprint density at radius 3 is 2.25 bits per heavy atom. The molecule has 1 saturated heterocycles. The topological polar surface area (TPSA) is 38.8 Å². The number of hydrogen-bond donors (Lipinski definition) is 0. The van der Waals surface area contributed by atoms with E-state index in [0.717, 1.165) is 0 Å². The zero-order chi connectivity index (χ0) is 9.14. The van der Waals surface area contributed by atoms with Crippen molar-refractivity contribution < 1.29 is 14.3 Å². The van der Waals surface area contributed by atoms with Gasteiger partial charge in [0.05, 0.1) is 19.1 Å². The molecule has 0 aliphatic carbocycles. The Hall–Kier alpha value is -0.610. The minimum absolute atomic E-state index is 0.0712. The Bertz CT molecular complexity index is 162. The summed E-state index contributed by atoms with van der Waals surface area (Å²) in [6, 6.07) is 0. The van der Waals surface area contributed by atoms with E-state index in [0.29, 0.717) is 13.2 Å². The van der Waals surface area contributed by atoms with E-state index in [-0.39, 0.29) is 18.1 Å². The first kappa shape index (κ1) is 9.48. The molecule has 1 rings (SSSR count). The standard InChI is InChI=1S/C8H15NO3/c1-6-11-4-7(5-12-6)8(10)9(2)3/h6-7H,4-5H2,1-3H3. The van der Waals surface area contributed by atoms with Crippen LogP contribution in [0.1, 0.15) is 6.92 Å². The third kappa shape index (κ3) is 2.19. The Kier molecular flexibility index (Phi) is 3.05. The van der Waals surface area contributed by atoms with Gasteiger partial charge < -0.3 is 14.4 Å². The van der Waals surface area contributed by atoms with Crippen LogP contribution in [0, 0.1) is 5.92 Å². The lowest BCUT2D eigenvalue weighted by atomic mass is 10.1. The summed E-state index contributed by atoms with van der Waals surface area (Å²) in [7, 11) is 3.47. The van der Waals surface area contributed by atoms with Crippen molar-refractivity contribution >= 4 is 5.91 Å². The Labute approximate surface area is 72.4 Å². The number of ether oxygens (including phenoxy) is 2. The van der Waals surface area contributed by atoms with Crippen molar-refractivity contribution in [1.29, 1.82) is 0 Å². The van der Waals surface area contributed by atoms with Crippen molar-refractivity contribution in [3.05, 3.63) is 0 Å². The first-order valence-corrected chi connectivity index (χ1v) is 4.05. The van der Waals surface area contributed by atoms with Crippen LogP contribution >= 0.6 is 0 Å². The molecule has 70 valence electrons. The van der Waals surface area contributed by atoms with Gasteiger partial charge in [-0.05, 0) is 6.92 Å². The van der Waals surface area contributed by atoms with Crippen LogP contribution in [-0.2, 0) is 14.3 Å². The van der Waals surface area contributed by atoms with Crippen molar-refractivity contribution in [2.45, 2.75) is 13.2 Å². The van der Waals surface area contributed by atoms with Crippen LogP contribution in [0.3, 0.4) is 0 Å². The minimum Gasteiger partial charge on any atom is -0.352 e. The van der Waals surface area contributed by atoms with Gasteiger partial charge in [0.1, 0.15) is 0 Å². The van der Waals surface area contributed by atoms with Gasteiger partial charge in [-0.1, -0.05) is 0 Å². The highest BCUT2D eigenvalue weighted by Gasteiger charge is 2.26. The van der Waals surface area contributed by atoms with Crippen LogP contribution in [0.25, 0.3) is 0 Å². The van der Waals surface area contributed by atoms with Crippen molar-refractivity contribution in [1.82, 2.24) is 4.90 Å². The molecule has 0 bridgehead atoms. The molecule has 0 atom stereocenters. The van der Waals surface area contributed by atoms with Crippen LogP contribution in [0.15, 0.2) is 0 Å². The van der Waals surface area contributed by atoms with E-state index in [2.05, 4.69) is 0 Å². The maximum absolute atomic E-state index is 11.4. The Morgan fingerprint density at radius 2 is 1.83 bits per heavy atom. The molecule has 0 spiro atoms. The summed E-state index contributed by atoms with van der Waals surface area (Å²) in [5.41, 5.74) is 0. The highest BCUT2D eigenvalue weighted by atomic mass is 16.7. The van der Waals surface area contributed by atoms with Gasteiger partial charge in [-0.2, -0.15) is 0 Å². The lowest BCUT2D eigenvalue weighted by Crippen LogP contribution is -2.40. The number of nitrogens with zero attached hydrogens (tertiary/aromatic N) is 1. The maximum atomic E-state index is 11.4. The molecule has 1 fully saturated rings. The third-order valence-corrected chi connectivity index (χ3v) is 1.85. The van der Waals surface area contributed by atoms with Crippen molar-refractivity contribution in [3.8, 4) is 0 Å². The van der Waals surface area contributed by atoms with Crippen LogP contribution in [0.2, 0.25) is 0 Å². The second-order valence-corrected chi connectivity index (χ2v) is 3.16. The van der Waals surface area contributed by atoms with Gasteiger partial charge in [-0.3, -0.25) is 4.79 Å². The molecule has 0 aromatic heterocycles. The highest BCUT2D eigenvalue weighted by molar-refractivity contribution is 5.78. The molecule has 0 unspecified atom stereocenters. The quantitative estimate of drug-likeness (QED) is 0.564. The van der Waals surface area contributed by atoms with Crippen molar-refractivity contribution in [2.75, 3.05) is 27.3 Å². The molecular weight excluding hydrogens is 158 g/mol. The molecule has 0 saturated carbocycles. The van der Waals surface area contributed by atoms with E-state index in [1.54, 1.807) is 19.0 Å². The van der Waals surface area contributed by atoms with Crippen LogP contribution in [0.4, 0.5) is 0 Å². The summed E-state index contributed by atoms with van der Waals surface area (Å²) < 4.78 is 10.4. The average molecular weight is 173 g/mol. The maximum Gasteiger partial charge on any atom is 0.229 e. The predicted octanol–water partition coefficient (Wildman–Crippen LogP) is 0.0836. The first-order valence-electron chi connectivity index (χ1n) is 4.05. The summed E-state index contributed by atoms with van der Waals surface area (Å²) in [6.45, 7) is 2.77. The van der Waals surface area contributed by atoms with Gasteiger partial charge in [0.25, 0.3) is 0 Å². The van der Waals surface area contributed by atoms with E-state index in [4.69, 9.17) is 9.47 Å². The molecule has 4 heteroatoms. The van der Waals surface area contributed by atoms with Crippen molar-refractivity contribution in [3.63, 3.8) is 0 Å². The van der Waals surface area contributed by atoms with Crippen LogP contribution < -0.4 is 0 Å². The molecule has 1 aliphatic rings. The van der Waals surface area contributed by atoms with Gasteiger partial charge in [0.2, 0.25) is 5.91 Å². The fraction of sp³-hybridized carbons (Fsp3) is 0.875. The number of rotatable bonds is 1. The number of amides is 1. The normalized spacial score (nSPS) is 29.9. The lowest BCUT2D eigenvalue weighted by Gasteiger charge is -2.28. The van der Waals surface area contributed by atoms with Crippen LogP contribution in [-0.4, -0.2) is 44.4 Å². The first-order chi connectivity index (χ1) is 5.61. The predicted molar refractivity (Wildman–Crippen MR) is 43.6 cm³/mol. The van der Waals surface area contributed by atoms with Gasteiger partial charge >= 0.3 is 0 Å². The molecule has 4 nitrogen and oxygen atoms in total. The molecule has 0 aromatic carbocycles. The second kappa shape index (κ2) is 3.87. The summed E-state index contributed by atoms with van der Waals surface area (Å²) in [5, 5.41) is 0. The molecule has 0 aromatic rings. The molecule has 1 amide bonds. The highest BCUT2D eigenvalue weighted by Crippen LogP contribution is 2.12. The molecule has 0 N–H and O–H groups in total. The van der Waals surface area contributed by atoms with Crippen molar-refractivity contribution in [2.24, 2.45) is 5.92 Å². The summed E-state index contributed by atoms with van der Waals surface area (Å²) >= 11 is 0. The molecule has 1 heterocycles. The molecule has 12 heavy (non-hydrogen) atoms. The molecule has 1 aliphatic heterocycles. The number of carbonyl (C=O) groups is 1. The summed E-state index contributed by atoms with van der Waals surface area (Å²) in [4.78, 5) is 12.9. The SMILES string of the molecule is CC1OCC(C(=O)N(C)C)CO1. The van der Waals surface area contributed by atoms with E-state index in [1.165, 1.54) is 0 Å². The summed E-state index contributed by atoms with van der Waals surface area (Å²) in [5.74, 6) is -0.0573. The number of hydrogen-bond acceptors (Lipinski definition) is 3. The van der Waals surface area contributed by atoms with E-state index < -0.39 is 0 Å². The largest absolute Gasteiger partial charge is 0.352 e.